The van der Waals surface area contributed by atoms with Gasteiger partial charge in [0.05, 0.1) is 17.0 Å². The summed E-state index contributed by atoms with van der Waals surface area (Å²) in [5.74, 6) is -3.38. The van der Waals surface area contributed by atoms with Crippen LogP contribution in [0.25, 0.3) is 0 Å². The van der Waals surface area contributed by atoms with E-state index in [1.807, 2.05) is 0 Å². The topological polar surface area (TPSA) is 95.9 Å². The molecule has 1 aromatic carbocycles. The van der Waals surface area contributed by atoms with Crippen LogP contribution in [0.4, 0.5) is 14.5 Å². The molecule has 1 aliphatic rings. The maximum absolute atomic E-state index is 13.9. The Morgan fingerprint density at radius 3 is 2.35 bits per heavy atom. The molecule has 10 heteroatoms. The summed E-state index contributed by atoms with van der Waals surface area (Å²) in [4.78, 5) is 15.3. The number of piperazine rings is 1. The molecule has 0 radical (unpaired) electrons. The number of nitrogens with zero attached hydrogens (tertiary/aromatic N) is 2. The maximum Gasteiger partial charge on any atom is 0.249 e. The van der Waals surface area contributed by atoms with Crippen LogP contribution in [0, 0.1) is 23.5 Å². The monoisotopic (exact) mass is 390 g/mol. The number of carbonyl (C=O) groups is 1. The normalized spacial score (nSPS) is 19.3. The number of carbonyl (C=O) groups excluding carboxylic acids is 1. The number of hydrogen-bond donors (Lipinski definition) is 2. The van der Waals surface area contributed by atoms with Crippen LogP contribution in [0.2, 0.25) is 0 Å². The second-order valence-corrected chi connectivity index (χ2v) is 7.52. The molecule has 0 bridgehead atoms. The minimum absolute atomic E-state index is 0.249. The summed E-state index contributed by atoms with van der Waals surface area (Å²) in [5.41, 5.74) is 1.78. The van der Waals surface area contributed by atoms with Gasteiger partial charge in [-0.25, -0.2) is 14.3 Å². The molecule has 0 saturated carbocycles. The predicted molar refractivity (Wildman–Crippen MR) is 91.1 cm³/mol. The Morgan fingerprint density at radius 2 is 1.88 bits per heavy atom. The fourth-order valence-electron chi connectivity index (χ4n) is 3.26. The summed E-state index contributed by atoms with van der Waals surface area (Å²) < 4.78 is 50.6. The first kappa shape index (κ1) is 20.7. The van der Waals surface area contributed by atoms with Crippen molar-refractivity contribution >= 4 is 22.7 Å². The van der Waals surface area contributed by atoms with Crippen LogP contribution >= 0.6 is 0 Å². The Hall–Kier alpha value is -1.62. The largest absolute Gasteiger partial charge is 0.771 e. The van der Waals surface area contributed by atoms with Gasteiger partial charge in [0.1, 0.15) is 11.6 Å². The standard InChI is InChI=1S/C16H23F2N3O4S/c1-10(2)14(15(22)19-23)16(26(24)25)21-7-5-20(6-8-21)13-4-3-11(17)9-12(13)18/h3-4,9-10,14,16,23H,5-8H2,1-2H3,(H,19,22)(H,24,25)/p-1. The van der Waals surface area contributed by atoms with Crippen molar-refractivity contribution in [2.24, 2.45) is 11.8 Å². The molecular weight excluding hydrogens is 368 g/mol. The zero-order chi connectivity index (χ0) is 19.4. The van der Waals surface area contributed by atoms with Gasteiger partial charge in [0, 0.05) is 32.2 Å². The summed E-state index contributed by atoms with van der Waals surface area (Å²) in [5, 5.41) is 7.82. The van der Waals surface area contributed by atoms with E-state index in [-0.39, 0.29) is 24.7 Å². The van der Waals surface area contributed by atoms with Crippen molar-refractivity contribution in [2.45, 2.75) is 19.2 Å². The molecule has 0 aromatic heterocycles. The highest BCUT2D eigenvalue weighted by atomic mass is 32.2. The molecule has 7 nitrogen and oxygen atoms in total. The lowest BCUT2D eigenvalue weighted by molar-refractivity contribution is -0.136. The Bertz CT molecular complexity index is 669. The van der Waals surface area contributed by atoms with Crippen molar-refractivity contribution in [2.75, 3.05) is 31.1 Å². The van der Waals surface area contributed by atoms with Gasteiger partial charge in [-0.1, -0.05) is 13.8 Å². The smallest absolute Gasteiger partial charge is 0.249 e. The number of halogens is 2. The van der Waals surface area contributed by atoms with Crippen molar-refractivity contribution in [3.05, 3.63) is 29.8 Å². The van der Waals surface area contributed by atoms with E-state index in [0.29, 0.717) is 13.1 Å². The molecule has 3 unspecified atom stereocenters. The highest BCUT2D eigenvalue weighted by Crippen LogP contribution is 2.26. The van der Waals surface area contributed by atoms with Gasteiger partial charge in [0.2, 0.25) is 5.91 Å². The molecule has 1 heterocycles. The molecule has 1 fully saturated rings. The van der Waals surface area contributed by atoms with Crippen LogP contribution in [0.15, 0.2) is 18.2 Å². The van der Waals surface area contributed by atoms with Crippen LogP contribution in [-0.2, 0) is 15.9 Å². The van der Waals surface area contributed by atoms with Crippen molar-refractivity contribution in [3.63, 3.8) is 0 Å². The summed E-state index contributed by atoms with van der Waals surface area (Å²) in [6.07, 6.45) is 0. The van der Waals surface area contributed by atoms with Crippen LogP contribution in [0.5, 0.6) is 0 Å². The van der Waals surface area contributed by atoms with Gasteiger partial charge >= 0.3 is 0 Å². The van der Waals surface area contributed by atoms with E-state index in [4.69, 9.17) is 5.21 Å². The van der Waals surface area contributed by atoms with E-state index >= 15 is 0 Å². The molecule has 2 rings (SSSR count). The van der Waals surface area contributed by atoms with Gasteiger partial charge < -0.3 is 9.45 Å². The minimum atomic E-state index is -2.58. The average molecular weight is 390 g/mol. The number of amides is 1. The molecule has 0 spiro atoms. The number of rotatable bonds is 6. The minimum Gasteiger partial charge on any atom is -0.771 e. The summed E-state index contributed by atoms with van der Waals surface area (Å²) >= 11 is -2.58. The third-order valence-corrected chi connectivity index (χ3v) is 5.55. The van der Waals surface area contributed by atoms with E-state index in [0.717, 1.165) is 6.07 Å². The second kappa shape index (κ2) is 8.85. The number of hydroxylamine groups is 1. The zero-order valence-corrected chi connectivity index (χ0v) is 15.3. The van der Waals surface area contributed by atoms with Crippen molar-refractivity contribution in [3.8, 4) is 0 Å². The number of anilines is 1. The van der Waals surface area contributed by atoms with E-state index in [2.05, 4.69) is 0 Å². The number of hydrogen-bond acceptors (Lipinski definition) is 6. The van der Waals surface area contributed by atoms with E-state index < -0.39 is 39.9 Å². The van der Waals surface area contributed by atoms with E-state index in [9.17, 15) is 22.3 Å². The molecule has 3 atom stereocenters. The highest BCUT2D eigenvalue weighted by molar-refractivity contribution is 7.79. The second-order valence-electron chi connectivity index (χ2n) is 6.52. The van der Waals surface area contributed by atoms with E-state index in [1.165, 1.54) is 17.6 Å². The molecule has 2 N–H and O–H groups in total. The van der Waals surface area contributed by atoms with Gasteiger partial charge in [0.25, 0.3) is 0 Å². The van der Waals surface area contributed by atoms with Crippen molar-refractivity contribution in [1.29, 1.82) is 0 Å². The van der Waals surface area contributed by atoms with Crippen molar-refractivity contribution < 1.29 is 27.5 Å². The Kier molecular flexibility index (Phi) is 7.04. The van der Waals surface area contributed by atoms with Gasteiger partial charge in [-0.05, 0) is 29.1 Å². The first-order valence-corrected chi connectivity index (χ1v) is 9.36. The lowest BCUT2D eigenvalue weighted by Gasteiger charge is -2.43. The summed E-state index contributed by atoms with van der Waals surface area (Å²) in [6.45, 7) is 4.59. The SMILES string of the molecule is CC(C)C(C(=O)NO)C(N1CCN(c2ccc(F)cc2F)CC1)S(=O)[O-]. The first-order chi connectivity index (χ1) is 12.3. The number of nitrogens with one attached hydrogen (secondary N) is 1. The lowest BCUT2D eigenvalue weighted by atomic mass is 9.93. The fraction of sp³-hybridized carbons (Fsp3) is 0.562. The Balaban J connectivity index is 2.14. The van der Waals surface area contributed by atoms with Crippen LogP contribution in [0.3, 0.4) is 0 Å². The average Bonchev–Trinajstić information content (AvgIpc) is 2.58. The molecule has 1 aliphatic heterocycles. The summed E-state index contributed by atoms with van der Waals surface area (Å²) in [6, 6.07) is 3.32. The molecule has 26 heavy (non-hydrogen) atoms. The van der Waals surface area contributed by atoms with Crippen molar-refractivity contribution in [1.82, 2.24) is 10.4 Å². The lowest BCUT2D eigenvalue weighted by Crippen LogP contribution is -2.57. The molecule has 146 valence electrons. The van der Waals surface area contributed by atoms with Gasteiger partial charge in [-0.2, -0.15) is 0 Å². The van der Waals surface area contributed by atoms with Crippen LogP contribution in [-0.4, -0.2) is 56.3 Å². The highest BCUT2D eigenvalue weighted by Gasteiger charge is 2.37. The first-order valence-electron chi connectivity index (χ1n) is 8.22. The fourth-order valence-corrected chi connectivity index (χ4v) is 4.39. The van der Waals surface area contributed by atoms with Gasteiger partial charge in [-0.15, -0.1) is 0 Å². The van der Waals surface area contributed by atoms with Gasteiger partial charge in [-0.3, -0.25) is 19.1 Å². The summed E-state index contributed by atoms with van der Waals surface area (Å²) in [7, 11) is 0. The molecule has 1 amide bonds. The maximum atomic E-state index is 13.9. The third-order valence-electron chi connectivity index (χ3n) is 4.56. The Labute approximate surface area is 153 Å². The quantitative estimate of drug-likeness (QED) is 0.429. The zero-order valence-electron chi connectivity index (χ0n) is 14.5. The molecular formula is C16H22F2N3O4S-. The predicted octanol–water partition coefficient (Wildman–Crippen LogP) is 1.07. The number of benzene rings is 1. The molecule has 1 saturated heterocycles. The van der Waals surface area contributed by atoms with Crippen LogP contribution < -0.4 is 10.4 Å². The van der Waals surface area contributed by atoms with Crippen LogP contribution in [0.1, 0.15) is 13.8 Å². The third kappa shape index (κ3) is 4.56. The van der Waals surface area contributed by atoms with Gasteiger partial charge in [0.15, 0.2) is 0 Å². The van der Waals surface area contributed by atoms with E-state index in [1.54, 1.807) is 23.6 Å². The Morgan fingerprint density at radius 1 is 1.27 bits per heavy atom. The molecule has 0 aliphatic carbocycles. The molecule has 1 aromatic rings.